The summed E-state index contributed by atoms with van der Waals surface area (Å²) in [6.45, 7) is 0.305. The average molecular weight is 593 g/mol. The maximum absolute atomic E-state index is 13.5. The van der Waals surface area contributed by atoms with Gasteiger partial charge in [0.1, 0.15) is 16.7 Å². The fourth-order valence-corrected chi connectivity index (χ4v) is 5.65. The molecule has 0 aliphatic carbocycles. The summed E-state index contributed by atoms with van der Waals surface area (Å²) in [5.41, 5.74) is 2.47. The number of hydrogen-bond donors (Lipinski definition) is 1. The lowest BCUT2D eigenvalue weighted by Crippen LogP contribution is -2.32. The first kappa shape index (κ1) is 27.3. The molecule has 3 aromatic carbocycles. The number of anilines is 1. The number of carbonyl (C=O) groups excluding carboxylic acids is 2. The van der Waals surface area contributed by atoms with Gasteiger partial charge in [-0.3, -0.25) is 14.5 Å². The molecule has 1 saturated heterocycles. The lowest BCUT2D eigenvalue weighted by atomic mass is 10.1. The zero-order valence-corrected chi connectivity index (χ0v) is 23.3. The molecule has 0 bridgehead atoms. The first-order chi connectivity index (χ1) is 18.4. The van der Waals surface area contributed by atoms with Crippen LogP contribution < -0.4 is 19.7 Å². The molecule has 194 valence electrons. The second-order valence-electron chi connectivity index (χ2n) is 8.43. The molecule has 1 aliphatic rings. The van der Waals surface area contributed by atoms with Gasteiger partial charge in [-0.15, -0.1) is 0 Å². The van der Waals surface area contributed by atoms with Gasteiger partial charge in [0.25, 0.3) is 5.91 Å². The van der Waals surface area contributed by atoms with E-state index >= 15 is 0 Å². The molecule has 1 heterocycles. The third-order valence-corrected chi connectivity index (χ3v) is 7.79. The number of methoxy groups -OCH3 is 2. The molecule has 0 radical (unpaired) electrons. The van der Waals surface area contributed by atoms with E-state index < -0.39 is 11.2 Å². The van der Waals surface area contributed by atoms with E-state index in [1.54, 1.807) is 26.4 Å². The molecule has 3 aromatic rings. The Morgan fingerprint density at radius 3 is 2.37 bits per heavy atom. The summed E-state index contributed by atoms with van der Waals surface area (Å²) in [5, 5.41) is 12.7. The van der Waals surface area contributed by atoms with Crippen LogP contribution >= 0.6 is 27.7 Å². The molecule has 1 atom stereocenters. The molecule has 0 spiro atoms. The standard InChI is InChI=1S/C29H26BrN3O4S/c1-36-24-13-10-20(16-25(24)37-2)14-15-32-27(34)23(18-31)29-33(22-6-4-3-5-7-22)28(35)26(38-29)17-19-8-11-21(30)12-9-19/h3-13,16,26H,14-15,17H2,1-2H3,(H,32,34)/b29-23+/t26-/m0/s1. The molecule has 0 aromatic heterocycles. The van der Waals surface area contributed by atoms with Gasteiger partial charge in [-0.25, -0.2) is 0 Å². The lowest BCUT2D eigenvalue weighted by molar-refractivity contribution is -0.117. The van der Waals surface area contributed by atoms with Crippen molar-refractivity contribution >= 4 is 45.2 Å². The molecule has 1 aliphatic heterocycles. The minimum absolute atomic E-state index is 0.0854. The molecule has 1 N–H and O–H groups in total. The Morgan fingerprint density at radius 1 is 1.03 bits per heavy atom. The van der Waals surface area contributed by atoms with E-state index in [2.05, 4.69) is 21.2 Å². The number of thioether (sulfide) groups is 1. The van der Waals surface area contributed by atoms with Crippen molar-refractivity contribution in [1.29, 1.82) is 5.26 Å². The zero-order chi connectivity index (χ0) is 27.1. The largest absolute Gasteiger partial charge is 0.493 e. The highest BCUT2D eigenvalue weighted by molar-refractivity contribution is 9.10. The van der Waals surface area contributed by atoms with Gasteiger partial charge in [-0.2, -0.15) is 5.26 Å². The highest BCUT2D eigenvalue weighted by Crippen LogP contribution is 2.42. The summed E-state index contributed by atoms with van der Waals surface area (Å²) in [4.78, 5) is 28.2. The van der Waals surface area contributed by atoms with Gasteiger partial charge in [0, 0.05) is 16.7 Å². The van der Waals surface area contributed by atoms with Gasteiger partial charge in [0.05, 0.1) is 19.5 Å². The van der Waals surface area contributed by atoms with Gasteiger partial charge < -0.3 is 14.8 Å². The molecule has 1 fully saturated rings. The van der Waals surface area contributed by atoms with Crippen molar-refractivity contribution in [3.8, 4) is 17.6 Å². The van der Waals surface area contributed by atoms with Crippen LogP contribution in [-0.2, 0) is 22.4 Å². The number of amides is 2. The third kappa shape index (κ3) is 6.21. The van der Waals surface area contributed by atoms with Gasteiger partial charge in [0.2, 0.25) is 5.91 Å². The predicted molar refractivity (Wildman–Crippen MR) is 152 cm³/mol. The lowest BCUT2D eigenvalue weighted by Gasteiger charge is -2.18. The number of ether oxygens (including phenoxy) is 2. The maximum atomic E-state index is 13.5. The molecular weight excluding hydrogens is 566 g/mol. The number of para-hydroxylation sites is 1. The monoisotopic (exact) mass is 591 g/mol. The summed E-state index contributed by atoms with van der Waals surface area (Å²) in [5.74, 6) is 0.546. The van der Waals surface area contributed by atoms with Crippen LogP contribution in [-0.4, -0.2) is 37.8 Å². The van der Waals surface area contributed by atoms with Crippen LogP contribution in [0.25, 0.3) is 0 Å². The number of nitrogens with zero attached hydrogens (tertiary/aromatic N) is 2. The van der Waals surface area contributed by atoms with Crippen LogP contribution in [0.5, 0.6) is 11.5 Å². The fraction of sp³-hybridized carbons (Fsp3) is 0.207. The zero-order valence-electron chi connectivity index (χ0n) is 20.9. The van der Waals surface area contributed by atoms with E-state index in [1.165, 1.54) is 16.7 Å². The number of benzene rings is 3. The predicted octanol–water partition coefficient (Wildman–Crippen LogP) is 5.25. The summed E-state index contributed by atoms with van der Waals surface area (Å²) in [7, 11) is 3.14. The van der Waals surface area contributed by atoms with E-state index in [4.69, 9.17) is 9.47 Å². The van der Waals surface area contributed by atoms with E-state index in [0.29, 0.717) is 41.6 Å². The van der Waals surface area contributed by atoms with Crippen molar-refractivity contribution in [1.82, 2.24) is 5.32 Å². The van der Waals surface area contributed by atoms with Gasteiger partial charge in [-0.1, -0.05) is 64.1 Å². The minimum atomic E-state index is -0.520. The molecule has 7 nitrogen and oxygen atoms in total. The third-order valence-electron chi connectivity index (χ3n) is 6.00. The van der Waals surface area contributed by atoms with Crippen LogP contribution in [0.15, 0.2) is 87.9 Å². The summed E-state index contributed by atoms with van der Waals surface area (Å²) >= 11 is 4.68. The van der Waals surface area contributed by atoms with Crippen molar-refractivity contribution in [2.75, 3.05) is 25.7 Å². The maximum Gasteiger partial charge on any atom is 0.264 e. The number of halogens is 1. The Labute approximate surface area is 234 Å². The smallest absolute Gasteiger partial charge is 0.264 e. The summed E-state index contributed by atoms with van der Waals surface area (Å²) < 4.78 is 11.6. The van der Waals surface area contributed by atoms with Crippen molar-refractivity contribution in [3.05, 3.63) is 99.0 Å². The van der Waals surface area contributed by atoms with Crippen molar-refractivity contribution in [3.63, 3.8) is 0 Å². The van der Waals surface area contributed by atoms with Crippen molar-refractivity contribution in [2.24, 2.45) is 0 Å². The highest BCUT2D eigenvalue weighted by Gasteiger charge is 2.40. The van der Waals surface area contributed by atoms with Gasteiger partial charge in [0.15, 0.2) is 11.5 Å². The molecular formula is C29H26BrN3O4S. The number of nitriles is 1. The first-order valence-electron chi connectivity index (χ1n) is 11.9. The van der Waals surface area contributed by atoms with Crippen LogP contribution in [0, 0.1) is 11.3 Å². The van der Waals surface area contributed by atoms with E-state index in [1.807, 2.05) is 66.7 Å². The number of hydrogen-bond acceptors (Lipinski definition) is 6. The summed E-state index contributed by atoms with van der Waals surface area (Å²) in [6, 6.07) is 24.5. The second kappa shape index (κ2) is 12.7. The van der Waals surface area contributed by atoms with E-state index in [0.717, 1.165) is 15.6 Å². The molecule has 4 rings (SSSR count). The summed E-state index contributed by atoms with van der Waals surface area (Å²) in [6.07, 6.45) is 1.00. The number of carbonyl (C=O) groups is 2. The number of nitrogens with one attached hydrogen (secondary N) is 1. The SMILES string of the molecule is COc1ccc(CCNC(=O)/C(C#N)=C2/S[C@@H](Cc3ccc(Br)cc3)C(=O)N2c2ccccc2)cc1OC. The van der Waals surface area contributed by atoms with Crippen LogP contribution in [0.2, 0.25) is 0 Å². The fourth-order valence-electron chi connectivity index (χ4n) is 4.08. The van der Waals surface area contributed by atoms with E-state index in [9.17, 15) is 14.9 Å². The highest BCUT2D eigenvalue weighted by atomic mass is 79.9. The molecule has 38 heavy (non-hydrogen) atoms. The minimum Gasteiger partial charge on any atom is -0.493 e. The Balaban J connectivity index is 1.55. The Bertz CT molecular complexity index is 1390. The topological polar surface area (TPSA) is 91.7 Å². The average Bonchev–Trinajstić information content (AvgIpc) is 3.25. The van der Waals surface area contributed by atoms with Crippen molar-refractivity contribution in [2.45, 2.75) is 18.1 Å². The molecule has 0 saturated carbocycles. The molecule has 2 amide bonds. The van der Waals surface area contributed by atoms with Crippen molar-refractivity contribution < 1.29 is 19.1 Å². The van der Waals surface area contributed by atoms with E-state index in [-0.39, 0.29) is 11.5 Å². The molecule has 9 heteroatoms. The van der Waals surface area contributed by atoms with Gasteiger partial charge >= 0.3 is 0 Å². The second-order valence-corrected chi connectivity index (χ2v) is 10.5. The Hall–Kier alpha value is -3.74. The Morgan fingerprint density at radius 2 is 1.71 bits per heavy atom. The quantitative estimate of drug-likeness (QED) is 0.270. The van der Waals surface area contributed by atoms with Gasteiger partial charge in [-0.05, 0) is 60.4 Å². The van der Waals surface area contributed by atoms with Crippen LogP contribution in [0.1, 0.15) is 11.1 Å². The van der Waals surface area contributed by atoms with Crippen LogP contribution in [0.3, 0.4) is 0 Å². The Kier molecular flexibility index (Phi) is 9.10. The normalized spacial score (nSPS) is 16.1. The first-order valence-corrected chi connectivity index (χ1v) is 13.6. The molecule has 0 unspecified atom stereocenters. The number of rotatable bonds is 9. The van der Waals surface area contributed by atoms with Crippen LogP contribution in [0.4, 0.5) is 5.69 Å².